The summed E-state index contributed by atoms with van der Waals surface area (Å²) in [6.45, 7) is 0.456. The zero-order valence-electron chi connectivity index (χ0n) is 10.5. The quantitative estimate of drug-likeness (QED) is 0.737. The van der Waals surface area contributed by atoms with Gasteiger partial charge in [-0.1, -0.05) is 28.1 Å². The Kier molecular flexibility index (Phi) is 2.67. The van der Waals surface area contributed by atoms with E-state index in [1.54, 1.807) is 0 Å². The molecule has 1 aliphatic rings. The molecule has 1 atom stereocenters. The average molecular weight is 331 g/mol. The Bertz CT molecular complexity index is 784. The standard InChI is InChI=1S/C15H11BrN2O2/c16-9-5-6-10-11(7-9)18-15(17-10)14-8-19-12-3-1-2-4-13(12)20-14/h1-7,14H,8H2,(H,17,18)/t14-/m0/s1. The van der Waals surface area contributed by atoms with Gasteiger partial charge in [-0.15, -0.1) is 0 Å². The molecule has 0 unspecified atom stereocenters. The fourth-order valence-corrected chi connectivity index (χ4v) is 2.67. The molecule has 1 aromatic heterocycles. The molecule has 0 bridgehead atoms. The third-order valence-corrected chi connectivity index (χ3v) is 3.77. The van der Waals surface area contributed by atoms with Gasteiger partial charge in [-0.3, -0.25) is 0 Å². The van der Waals surface area contributed by atoms with E-state index in [9.17, 15) is 0 Å². The number of H-pyrrole nitrogens is 1. The smallest absolute Gasteiger partial charge is 0.190 e. The minimum atomic E-state index is -0.212. The van der Waals surface area contributed by atoms with Crippen molar-refractivity contribution in [3.8, 4) is 11.5 Å². The van der Waals surface area contributed by atoms with E-state index < -0.39 is 0 Å². The van der Waals surface area contributed by atoms with E-state index in [-0.39, 0.29) is 6.10 Å². The number of aromatic amines is 1. The van der Waals surface area contributed by atoms with E-state index in [1.807, 2.05) is 42.5 Å². The molecule has 3 aromatic rings. The topological polar surface area (TPSA) is 47.1 Å². The van der Waals surface area contributed by atoms with Crippen LogP contribution in [0.3, 0.4) is 0 Å². The van der Waals surface area contributed by atoms with Gasteiger partial charge in [-0.2, -0.15) is 0 Å². The summed E-state index contributed by atoms with van der Waals surface area (Å²) >= 11 is 3.46. The van der Waals surface area contributed by atoms with Gasteiger partial charge in [0, 0.05) is 4.47 Å². The van der Waals surface area contributed by atoms with Gasteiger partial charge >= 0.3 is 0 Å². The van der Waals surface area contributed by atoms with Crippen LogP contribution in [-0.2, 0) is 0 Å². The number of nitrogens with zero attached hydrogens (tertiary/aromatic N) is 1. The van der Waals surface area contributed by atoms with Gasteiger partial charge < -0.3 is 14.5 Å². The van der Waals surface area contributed by atoms with Gasteiger partial charge in [-0.25, -0.2) is 4.98 Å². The number of hydrogen-bond acceptors (Lipinski definition) is 3. The van der Waals surface area contributed by atoms with E-state index in [0.717, 1.165) is 32.8 Å². The average Bonchev–Trinajstić information content (AvgIpc) is 2.89. The molecule has 5 heteroatoms. The lowest BCUT2D eigenvalue weighted by molar-refractivity contribution is 0.0859. The van der Waals surface area contributed by atoms with Gasteiger partial charge in [0.15, 0.2) is 23.4 Å². The number of ether oxygens (including phenoxy) is 2. The number of halogens is 1. The molecule has 0 spiro atoms. The number of para-hydroxylation sites is 2. The minimum absolute atomic E-state index is 0.212. The molecule has 2 aromatic carbocycles. The van der Waals surface area contributed by atoms with Crippen LogP contribution in [0.25, 0.3) is 11.0 Å². The van der Waals surface area contributed by atoms with Crippen molar-refractivity contribution in [3.63, 3.8) is 0 Å². The summed E-state index contributed by atoms with van der Waals surface area (Å²) in [6.07, 6.45) is -0.212. The van der Waals surface area contributed by atoms with Gasteiger partial charge in [0.1, 0.15) is 6.61 Å². The van der Waals surface area contributed by atoms with Crippen molar-refractivity contribution in [2.75, 3.05) is 6.61 Å². The number of imidazole rings is 1. The molecule has 0 saturated heterocycles. The summed E-state index contributed by atoms with van der Waals surface area (Å²) in [7, 11) is 0. The van der Waals surface area contributed by atoms with Crippen LogP contribution in [0.4, 0.5) is 0 Å². The van der Waals surface area contributed by atoms with Crippen molar-refractivity contribution >= 4 is 27.0 Å². The second-order valence-electron chi connectivity index (χ2n) is 4.65. The van der Waals surface area contributed by atoms with Crippen molar-refractivity contribution in [1.29, 1.82) is 0 Å². The molecule has 20 heavy (non-hydrogen) atoms. The number of nitrogens with one attached hydrogen (secondary N) is 1. The first kappa shape index (κ1) is 11.8. The molecular weight excluding hydrogens is 320 g/mol. The number of rotatable bonds is 1. The molecular formula is C15H11BrN2O2. The Morgan fingerprint density at radius 2 is 2.00 bits per heavy atom. The van der Waals surface area contributed by atoms with Crippen LogP contribution in [0.2, 0.25) is 0 Å². The van der Waals surface area contributed by atoms with Crippen molar-refractivity contribution < 1.29 is 9.47 Å². The van der Waals surface area contributed by atoms with E-state index in [2.05, 4.69) is 25.9 Å². The summed E-state index contributed by atoms with van der Waals surface area (Å²) in [5.41, 5.74) is 1.91. The predicted molar refractivity (Wildman–Crippen MR) is 79.1 cm³/mol. The largest absolute Gasteiger partial charge is 0.485 e. The summed E-state index contributed by atoms with van der Waals surface area (Å²) in [4.78, 5) is 7.86. The third kappa shape index (κ3) is 1.94. The Morgan fingerprint density at radius 1 is 1.15 bits per heavy atom. The maximum atomic E-state index is 5.95. The molecule has 1 N–H and O–H groups in total. The molecule has 0 amide bonds. The van der Waals surface area contributed by atoms with Crippen molar-refractivity contribution in [1.82, 2.24) is 9.97 Å². The highest BCUT2D eigenvalue weighted by atomic mass is 79.9. The Labute approximate surface area is 123 Å². The SMILES string of the molecule is Brc1ccc2nc([C@@H]3COc4ccccc4O3)[nH]c2c1. The first-order chi connectivity index (χ1) is 9.79. The van der Waals surface area contributed by atoms with Gasteiger partial charge in [-0.05, 0) is 30.3 Å². The second-order valence-corrected chi connectivity index (χ2v) is 5.56. The molecule has 0 saturated carbocycles. The van der Waals surface area contributed by atoms with E-state index in [0.29, 0.717) is 6.61 Å². The van der Waals surface area contributed by atoms with Gasteiger partial charge in [0.25, 0.3) is 0 Å². The fraction of sp³-hybridized carbons (Fsp3) is 0.133. The molecule has 0 fully saturated rings. The van der Waals surface area contributed by atoms with E-state index in [1.165, 1.54) is 0 Å². The van der Waals surface area contributed by atoms with Crippen LogP contribution in [0.5, 0.6) is 11.5 Å². The lowest BCUT2D eigenvalue weighted by Crippen LogP contribution is -2.22. The molecule has 4 nitrogen and oxygen atoms in total. The highest BCUT2D eigenvalue weighted by Crippen LogP contribution is 2.35. The normalized spacial score (nSPS) is 17.4. The Balaban J connectivity index is 1.70. The zero-order valence-corrected chi connectivity index (χ0v) is 12.1. The van der Waals surface area contributed by atoms with E-state index >= 15 is 0 Å². The van der Waals surface area contributed by atoms with Crippen LogP contribution in [0.1, 0.15) is 11.9 Å². The molecule has 100 valence electrons. The fourth-order valence-electron chi connectivity index (χ4n) is 2.31. The summed E-state index contributed by atoms with van der Waals surface area (Å²) in [5, 5.41) is 0. The van der Waals surface area contributed by atoms with Crippen molar-refractivity contribution in [3.05, 3.63) is 52.8 Å². The summed E-state index contributed by atoms with van der Waals surface area (Å²) in [5.74, 6) is 2.32. The number of aromatic nitrogens is 2. The molecule has 1 aliphatic heterocycles. The first-order valence-electron chi connectivity index (χ1n) is 6.33. The lowest BCUT2D eigenvalue weighted by Gasteiger charge is -2.24. The summed E-state index contributed by atoms with van der Waals surface area (Å²) in [6, 6.07) is 13.6. The van der Waals surface area contributed by atoms with Crippen LogP contribution in [-0.4, -0.2) is 16.6 Å². The van der Waals surface area contributed by atoms with Crippen LogP contribution in [0, 0.1) is 0 Å². The van der Waals surface area contributed by atoms with Gasteiger partial charge in [0.05, 0.1) is 11.0 Å². The number of fused-ring (bicyclic) bond motifs is 2. The number of hydrogen-bond donors (Lipinski definition) is 1. The highest BCUT2D eigenvalue weighted by molar-refractivity contribution is 9.10. The second kappa shape index (κ2) is 4.52. The monoisotopic (exact) mass is 330 g/mol. The maximum Gasteiger partial charge on any atom is 0.190 e. The predicted octanol–water partition coefficient (Wildman–Crippen LogP) is 3.84. The van der Waals surface area contributed by atoms with Crippen LogP contribution < -0.4 is 9.47 Å². The number of benzene rings is 2. The third-order valence-electron chi connectivity index (χ3n) is 3.28. The minimum Gasteiger partial charge on any atom is -0.485 e. The highest BCUT2D eigenvalue weighted by Gasteiger charge is 2.24. The maximum absolute atomic E-state index is 5.95. The lowest BCUT2D eigenvalue weighted by atomic mass is 10.2. The first-order valence-corrected chi connectivity index (χ1v) is 7.12. The van der Waals surface area contributed by atoms with Crippen molar-refractivity contribution in [2.45, 2.75) is 6.10 Å². The van der Waals surface area contributed by atoms with Crippen LogP contribution >= 0.6 is 15.9 Å². The Hall–Kier alpha value is -2.01. The zero-order chi connectivity index (χ0) is 13.5. The van der Waals surface area contributed by atoms with Gasteiger partial charge in [0.2, 0.25) is 0 Å². The molecule has 4 rings (SSSR count). The molecule has 0 aliphatic carbocycles. The Morgan fingerprint density at radius 3 is 2.90 bits per heavy atom. The van der Waals surface area contributed by atoms with E-state index in [4.69, 9.17) is 9.47 Å². The molecule has 0 radical (unpaired) electrons. The molecule has 2 heterocycles. The summed E-state index contributed by atoms with van der Waals surface area (Å²) < 4.78 is 12.7. The van der Waals surface area contributed by atoms with Crippen molar-refractivity contribution in [2.24, 2.45) is 0 Å². The van der Waals surface area contributed by atoms with Crippen LogP contribution in [0.15, 0.2) is 46.9 Å².